The van der Waals surface area contributed by atoms with Gasteiger partial charge in [0.05, 0.1) is 15.6 Å². The van der Waals surface area contributed by atoms with Crippen LogP contribution in [0.1, 0.15) is 45.1 Å². The van der Waals surface area contributed by atoms with E-state index in [1.165, 1.54) is 0 Å². The molecular formula is C15H20Cl2O. The SMILES string of the molecule is CC1(C)CCC(O)(Cc2cccc(Cl)c2Cl)CC1. The third-order valence-electron chi connectivity index (χ3n) is 4.09. The van der Waals surface area contributed by atoms with Crippen molar-refractivity contribution in [1.82, 2.24) is 0 Å². The second-order valence-electron chi connectivity index (χ2n) is 6.28. The van der Waals surface area contributed by atoms with Crippen LogP contribution in [0.2, 0.25) is 10.0 Å². The maximum atomic E-state index is 10.7. The molecule has 1 saturated carbocycles. The number of aliphatic hydroxyl groups is 1. The molecule has 1 aromatic rings. The largest absolute Gasteiger partial charge is 0.390 e. The van der Waals surface area contributed by atoms with Crippen molar-refractivity contribution in [3.8, 4) is 0 Å². The molecule has 0 aliphatic heterocycles. The molecule has 1 aliphatic carbocycles. The van der Waals surface area contributed by atoms with Gasteiger partial charge in [-0.3, -0.25) is 0 Å². The Morgan fingerprint density at radius 2 is 1.72 bits per heavy atom. The van der Waals surface area contributed by atoms with E-state index in [2.05, 4.69) is 13.8 Å². The molecule has 0 spiro atoms. The maximum absolute atomic E-state index is 10.7. The Balaban J connectivity index is 2.12. The number of benzene rings is 1. The molecule has 1 fully saturated rings. The summed E-state index contributed by atoms with van der Waals surface area (Å²) in [4.78, 5) is 0. The minimum absolute atomic E-state index is 0.352. The van der Waals surface area contributed by atoms with Crippen molar-refractivity contribution in [1.29, 1.82) is 0 Å². The molecule has 100 valence electrons. The summed E-state index contributed by atoms with van der Waals surface area (Å²) in [6.45, 7) is 4.53. The van der Waals surface area contributed by atoms with Crippen molar-refractivity contribution in [2.24, 2.45) is 5.41 Å². The summed E-state index contributed by atoms with van der Waals surface area (Å²) in [5.41, 5.74) is 0.681. The van der Waals surface area contributed by atoms with Gasteiger partial charge in [-0.05, 0) is 42.7 Å². The highest BCUT2D eigenvalue weighted by Gasteiger charge is 2.37. The Morgan fingerprint density at radius 3 is 2.33 bits per heavy atom. The summed E-state index contributed by atoms with van der Waals surface area (Å²) in [5.74, 6) is 0. The predicted molar refractivity (Wildman–Crippen MR) is 77.4 cm³/mol. The van der Waals surface area contributed by atoms with E-state index in [4.69, 9.17) is 23.2 Å². The number of rotatable bonds is 2. The normalized spacial score (nSPS) is 21.8. The summed E-state index contributed by atoms with van der Waals surface area (Å²) in [7, 11) is 0. The standard InChI is InChI=1S/C15H20Cl2O/c1-14(2)6-8-15(18,9-7-14)10-11-4-3-5-12(16)13(11)17/h3-5,18H,6-10H2,1-2H3. The van der Waals surface area contributed by atoms with E-state index in [0.717, 1.165) is 31.2 Å². The number of hydrogen-bond acceptors (Lipinski definition) is 1. The molecule has 3 heteroatoms. The van der Waals surface area contributed by atoms with Crippen LogP contribution < -0.4 is 0 Å². The van der Waals surface area contributed by atoms with E-state index in [-0.39, 0.29) is 0 Å². The zero-order valence-corrected chi connectivity index (χ0v) is 12.5. The Kier molecular flexibility index (Phi) is 3.96. The minimum Gasteiger partial charge on any atom is -0.390 e. The Labute approximate surface area is 119 Å². The Bertz CT molecular complexity index is 430. The van der Waals surface area contributed by atoms with Gasteiger partial charge in [-0.2, -0.15) is 0 Å². The third-order valence-corrected chi connectivity index (χ3v) is 4.94. The van der Waals surface area contributed by atoms with Gasteiger partial charge >= 0.3 is 0 Å². The highest BCUT2D eigenvalue weighted by atomic mass is 35.5. The lowest BCUT2D eigenvalue weighted by molar-refractivity contribution is -0.0251. The Morgan fingerprint density at radius 1 is 1.11 bits per heavy atom. The van der Waals surface area contributed by atoms with E-state index in [9.17, 15) is 5.11 Å². The molecule has 18 heavy (non-hydrogen) atoms. The van der Waals surface area contributed by atoms with Crippen LogP contribution in [-0.2, 0) is 6.42 Å². The summed E-state index contributed by atoms with van der Waals surface area (Å²) in [5, 5.41) is 11.8. The fraction of sp³-hybridized carbons (Fsp3) is 0.600. The monoisotopic (exact) mass is 286 g/mol. The van der Waals surface area contributed by atoms with Crippen molar-refractivity contribution in [2.45, 2.75) is 51.6 Å². The summed E-state index contributed by atoms with van der Waals surface area (Å²) in [6.07, 6.45) is 4.39. The maximum Gasteiger partial charge on any atom is 0.0688 e. The summed E-state index contributed by atoms with van der Waals surface area (Å²) >= 11 is 12.2. The van der Waals surface area contributed by atoms with Gasteiger partial charge in [0.1, 0.15) is 0 Å². The topological polar surface area (TPSA) is 20.2 Å². The van der Waals surface area contributed by atoms with Crippen LogP contribution in [0.3, 0.4) is 0 Å². The van der Waals surface area contributed by atoms with Crippen LogP contribution in [-0.4, -0.2) is 10.7 Å². The zero-order valence-electron chi connectivity index (χ0n) is 11.0. The van der Waals surface area contributed by atoms with Crippen molar-refractivity contribution in [3.05, 3.63) is 33.8 Å². The minimum atomic E-state index is -0.621. The van der Waals surface area contributed by atoms with Gasteiger partial charge in [-0.1, -0.05) is 49.2 Å². The van der Waals surface area contributed by atoms with Crippen LogP contribution in [0.25, 0.3) is 0 Å². The second kappa shape index (κ2) is 5.03. The molecule has 1 aliphatic rings. The van der Waals surface area contributed by atoms with Crippen molar-refractivity contribution in [3.63, 3.8) is 0 Å². The van der Waals surface area contributed by atoms with Gasteiger partial charge in [-0.15, -0.1) is 0 Å². The number of halogens is 2. The fourth-order valence-electron chi connectivity index (χ4n) is 2.61. The lowest BCUT2D eigenvalue weighted by Gasteiger charge is -2.40. The van der Waals surface area contributed by atoms with Gasteiger partial charge < -0.3 is 5.11 Å². The first-order valence-electron chi connectivity index (χ1n) is 6.47. The molecule has 0 amide bonds. The molecule has 2 rings (SSSR count). The molecule has 1 aromatic carbocycles. The quantitative estimate of drug-likeness (QED) is 0.823. The van der Waals surface area contributed by atoms with Gasteiger partial charge in [0.15, 0.2) is 0 Å². The second-order valence-corrected chi connectivity index (χ2v) is 7.06. The molecule has 1 nitrogen and oxygen atoms in total. The third kappa shape index (κ3) is 3.20. The average molecular weight is 287 g/mol. The first kappa shape index (κ1) is 14.2. The molecule has 0 saturated heterocycles. The molecule has 0 aromatic heterocycles. The van der Waals surface area contributed by atoms with E-state index in [0.29, 0.717) is 21.9 Å². The van der Waals surface area contributed by atoms with Crippen molar-refractivity contribution in [2.75, 3.05) is 0 Å². The summed E-state index contributed by atoms with van der Waals surface area (Å²) < 4.78 is 0. The van der Waals surface area contributed by atoms with E-state index in [1.54, 1.807) is 6.07 Å². The predicted octanol–water partition coefficient (Wildman–Crippen LogP) is 4.87. The molecule has 0 unspecified atom stereocenters. The highest BCUT2D eigenvalue weighted by molar-refractivity contribution is 6.42. The first-order valence-corrected chi connectivity index (χ1v) is 7.22. The number of hydrogen-bond donors (Lipinski definition) is 1. The van der Waals surface area contributed by atoms with Crippen LogP contribution in [0, 0.1) is 5.41 Å². The lowest BCUT2D eigenvalue weighted by Crippen LogP contribution is -2.38. The van der Waals surface area contributed by atoms with Gasteiger partial charge in [0.25, 0.3) is 0 Å². The van der Waals surface area contributed by atoms with Gasteiger partial charge in [-0.25, -0.2) is 0 Å². The van der Waals surface area contributed by atoms with Crippen LogP contribution in [0.15, 0.2) is 18.2 Å². The van der Waals surface area contributed by atoms with E-state index >= 15 is 0 Å². The average Bonchev–Trinajstić information content (AvgIpc) is 2.30. The molecule has 0 heterocycles. The smallest absolute Gasteiger partial charge is 0.0688 e. The molecule has 0 atom stereocenters. The van der Waals surface area contributed by atoms with Gasteiger partial charge in [0.2, 0.25) is 0 Å². The van der Waals surface area contributed by atoms with Crippen molar-refractivity contribution >= 4 is 23.2 Å². The summed E-state index contributed by atoms with van der Waals surface area (Å²) in [6, 6.07) is 5.62. The van der Waals surface area contributed by atoms with E-state index < -0.39 is 5.60 Å². The fourth-order valence-corrected chi connectivity index (χ4v) is 3.00. The van der Waals surface area contributed by atoms with Crippen LogP contribution >= 0.6 is 23.2 Å². The molecular weight excluding hydrogens is 267 g/mol. The lowest BCUT2D eigenvalue weighted by atomic mass is 9.69. The van der Waals surface area contributed by atoms with Crippen LogP contribution in [0.5, 0.6) is 0 Å². The highest BCUT2D eigenvalue weighted by Crippen LogP contribution is 2.42. The molecule has 0 radical (unpaired) electrons. The van der Waals surface area contributed by atoms with Crippen LogP contribution in [0.4, 0.5) is 0 Å². The van der Waals surface area contributed by atoms with E-state index in [1.807, 2.05) is 12.1 Å². The molecule has 0 bridgehead atoms. The first-order chi connectivity index (χ1) is 8.31. The van der Waals surface area contributed by atoms with Gasteiger partial charge in [0, 0.05) is 6.42 Å². The van der Waals surface area contributed by atoms with Crippen molar-refractivity contribution < 1.29 is 5.11 Å². The molecule has 1 N–H and O–H groups in total. The zero-order chi connectivity index (χ0) is 13.4. The Hall–Kier alpha value is -0.240.